The predicted octanol–water partition coefficient (Wildman–Crippen LogP) is 1.34. The van der Waals surface area contributed by atoms with Gasteiger partial charge >= 0.3 is 5.97 Å². The Labute approximate surface area is 68.6 Å². The summed E-state index contributed by atoms with van der Waals surface area (Å²) in [7, 11) is 2.82. The van der Waals surface area contributed by atoms with Crippen LogP contribution in [0.4, 0.5) is 0 Å². The molecule has 0 amide bonds. The third-order valence-corrected chi connectivity index (χ3v) is 1.84. The topological polar surface area (TPSA) is 35.5 Å². The fraction of sp³-hybridized carbons (Fsp3) is 0.286. The molecule has 0 bridgehead atoms. The van der Waals surface area contributed by atoms with Crippen LogP contribution in [0.2, 0.25) is 0 Å². The fourth-order valence-electron chi connectivity index (χ4n) is 0.653. The van der Waals surface area contributed by atoms with Crippen LogP contribution in [0.25, 0.3) is 0 Å². The lowest BCUT2D eigenvalue weighted by molar-refractivity contribution is 0.0598. The summed E-state index contributed by atoms with van der Waals surface area (Å²) in [5.74, 6) is 0.0567. The summed E-state index contributed by atoms with van der Waals surface area (Å²) in [5.41, 5.74) is 0.431. The molecule has 1 radical (unpaired) electrons. The van der Waals surface area contributed by atoms with Gasteiger partial charge in [-0.15, -0.1) is 11.3 Å². The van der Waals surface area contributed by atoms with Gasteiger partial charge in [-0.05, 0) is 0 Å². The smallest absolute Gasteiger partial charge is 0.342 e. The van der Waals surface area contributed by atoms with Gasteiger partial charge < -0.3 is 9.47 Å². The zero-order chi connectivity index (χ0) is 8.27. The highest BCUT2D eigenvalue weighted by Gasteiger charge is 2.12. The van der Waals surface area contributed by atoms with Crippen molar-refractivity contribution in [3.63, 3.8) is 0 Å². The number of esters is 1. The molecule has 0 saturated heterocycles. The third-order valence-electron chi connectivity index (χ3n) is 1.18. The van der Waals surface area contributed by atoms with E-state index in [1.54, 1.807) is 5.38 Å². The largest absolute Gasteiger partial charge is 0.494 e. The number of thiophene rings is 1. The predicted molar refractivity (Wildman–Crippen MR) is 41.0 cm³/mol. The molecule has 0 aliphatic carbocycles. The summed E-state index contributed by atoms with van der Waals surface area (Å²) in [5, 5.41) is 4.43. The zero-order valence-corrected chi connectivity index (χ0v) is 7.03. The lowest BCUT2D eigenvalue weighted by atomic mass is 10.3. The van der Waals surface area contributed by atoms with Gasteiger partial charge in [0.15, 0.2) is 5.75 Å². The van der Waals surface area contributed by atoms with E-state index >= 15 is 0 Å². The van der Waals surface area contributed by atoms with Crippen molar-refractivity contribution in [2.24, 2.45) is 0 Å². The summed E-state index contributed by atoms with van der Waals surface area (Å²) in [6.45, 7) is 0. The molecule has 0 fully saturated rings. The highest BCUT2D eigenvalue weighted by Crippen LogP contribution is 2.22. The zero-order valence-electron chi connectivity index (χ0n) is 6.21. The summed E-state index contributed by atoms with van der Waals surface area (Å²) < 4.78 is 9.37. The monoisotopic (exact) mass is 171 g/mol. The van der Waals surface area contributed by atoms with Crippen molar-refractivity contribution in [3.05, 3.63) is 16.3 Å². The fourth-order valence-corrected chi connectivity index (χ4v) is 1.33. The van der Waals surface area contributed by atoms with Crippen LogP contribution in [-0.4, -0.2) is 20.2 Å². The summed E-state index contributed by atoms with van der Waals surface area (Å²) in [4.78, 5) is 10.9. The van der Waals surface area contributed by atoms with Crippen molar-refractivity contribution >= 4 is 17.3 Å². The number of methoxy groups -OCH3 is 2. The Morgan fingerprint density at radius 2 is 2.36 bits per heavy atom. The van der Waals surface area contributed by atoms with Gasteiger partial charge in [0.1, 0.15) is 5.56 Å². The Balaban J connectivity index is 2.92. The van der Waals surface area contributed by atoms with E-state index < -0.39 is 0 Å². The SMILES string of the molecule is COC(=O)c1cs[c]c1OC. The molecule has 1 aromatic heterocycles. The molecule has 0 aliphatic rings. The van der Waals surface area contributed by atoms with E-state index in [0.717, 1.165) is 0 Å². The second kappa shape index (κ2) is 3.39. The molecule has 1 aromatic rings. The lowest BCUT2D eigenvalue weighted by Gasteiger charge is -1.98. The maximum atomic E-state index is 10.9. The van der Waals surface area contributed by atoms with Crippen LogP contribution >= 0.6 is 11.3 Å². The first-order valence-electron chi connectivity index (χ1n) is 2.91. The van der Waals surface area contributed by atoms with Gasteiger partial charge in [0.2, 0.25) is 0 Å². The molecule has 1 heterocycles. The van der Waals surface area contributed by atoms with E-state index in [1.165, 1.54) is 25.6 Å². The molecule has 0 spiro atoms. The van der Waals surface area contributed by atoms with Crippen LogP contribution < -0.4 is 4.74 Å². The van der Waals surface area contributed by atoms with Gasteiger partial charge in [-0.25, -0.2) is 4.79 Å². The van der Waals surface area contributed by atoms with Crippen molar-refractivity contribution in [1.82, 2.24) is 0 Å². The average Bonchev–Trinajstić information content (AvgIpc) is 2.50. The molecular weight excluding hydrogens is 164 g/mol. The van der Waals surface area contributed by atoms with E-state index in [9.17, 15) is 4.79 Å². The first kappa shape index (κ1) is 8.07. The maximum Gasteiger partial charge on any atom is 0.342 e. The molecule has 0 aliphatic heterocycles. The van der Waals surface area contributed by atoms with Crippen LogP contribution in [-0.2, 0) is 4.74 Å². The van der Waals surface area contributed by atoms with Crippen LogP contribution in [0.1, 0.15) is 10.4 Å². The first-order chi connectivity index (χ1) is 5.29. The lowest BCUT2D eigenvalue weighted by Crippen LogP contribution is -2.01. The number of hydrogen-bond acceptors (Lipinski definition) is 4. The molecule has 0 atom stereocenters. The number of carbonyl (C=O) groups excluding carboxylic acids is 1. The maximum absolute atomic E-state index is 10.9. The van der Waals surface area contributed by atoms with Gasteiger partial charge in [0.05, 0.1) is 19.6 Å². The Morgan fingerprint density at radius 3 is 2.91 bits per heavy atom. The summed E-state index contributed by atoms with van der Waals surface area (Å²) in [6, 6.07) is 0. The highest BCUT2D eigenvalue weighted by atomic mass is 32.1. The molecule has 11 heavy (non-hydrogen) atoms. The molecule has 0 unspecified atom stereocenters. The average molecular weight is 171 g/mol. The second-order valence-electron chi connectivity index (χ2n) is 1.78. The summed E-state index contributed by atoms with van der Waals surface area (Å²) >= 11 is 1.28. The number of rotatable bonds is 2. The quantitative estimate of drug-likeness (QED) is 0.630. The molecule has 0 N–H and O–H groups in total. The van der Waals surface area contributed by atoms with Gasteiger partial charge in [0.25, 0.3) is 0 Å². The molecule has 59 valence electrons. The molecule has 3 nitrogen and oxygen atoms in total. The van der Waals surface area contributed by atoms with Gasteiger partial charge in [0, 0.05) is 5.38 Å². The van der Waals surface area contributed by atoms with E-state index in [-0.39, 0.29) is 5.97 Å². The van der Waals surface area contributed by atoms with Crippen LogP contribution in [0.3, 0.4) is 0 Å². The van der Waals surface area contributed by atoms with Crippen molar-refractivity contribution in [2.45, 2.75) is 0 Å². The minimum Gasteiger partial charge on any atom is -0.494 e. The van der Waals surface area contributed by atoms with E-state index in [1.807, 2.05) is 0 Å². The minimum absolute atomic E-state index is 0.389. The highest BCUT2D eigenvalue weighted by molar-refractivity contribution is 7.08. The van der Waals surface area contributed by atoms with Crippen molar-refractivity contribution in [3.8, 4) is 5.75 Å². The molecule has 0 aromatic carbocycles. The Bertz CT molecular complexity index is 254. The van der Waals surface area contributed by atoms with Crippen LogP contribution in [0.5, 0.6) is 5.75 Å². The van der Waals surface area contributed by atoms with E-state index in [2.05, 4.69) is 10.1 Å². The van der Waals surface area contributed by atoms with Crippen LogP contribution in [0, 0.1) is 5.38 Å². The molecule has 1 rings (SSSR count). The standard InChI is InChI=1S/C7H7O3S/c1-9-6-4-11-3-5(6)7(8)10-2/h3H,1-2H3. The number of ether oxygens (including phenoxy) is 2. The Hall–Kier alpha value is -1.03. The minimum atomic E-state index is -0.389. The summed E-state index contributed by atoms with van der Waals surface area (Å²) in [6.07, 6.45) is 0. The Morgan fingerprint density at radius 1 is 1.64 bits per heavy atom. The van der Waals surface area contributed by atoms with Crippen molar-refractivity contribution < 1.29 is 14.3 Å². The molecule has 4 heteroatoms. The third kappa shape index (κ3) is 1.51. The van der Waals surface area contributed by atoms with Gasteiger partial charge in [-0.2, -0.15) is 0 Å². The molecular formula is C7H7O3S. The Kier molecular flexibility index (Phi) is 2.48. The van der Waals surface area contributed by atoms with Gasteiger partial charge in [-0.1, -0.05) is 0 Å². The first-order valence-corrected chi connectivity index (χ1v) is 3.79. The number of hydrogen-bond donors (Lipinski definition) is 0. The van der Waals surface area contributed by atoms with Crippen molar-refractivity contribution in [2.75, 3.05) is 14.2 Å². The van der Waals surface area contributed by atoms with E-state index in [0.29, 0.717) is 11.3 Å². The number of carbonyl (C=O) groups is 1. The normalized spacial score (nSPS) is 9.27. The molecule has 0 saturated carbocycles. The van der Waals surface area contributed by atoms with E-state index in [4.69, 9.17) is 4.74 Å². The second-order valence-corrected chi connectivity index (χ2v) is 2.45. The van der Waals surface area contributed by atoms with Crippen LogP contribution in [0.15, 0.2) is 5.38 Å². The van der Waals surface area contributed by atoms with Gasteiger partial charge in [-0.3, -0.25) is 0 Å². The van der Waals surface area contributed by atoms with Crippen molar-refractivity contribution in [1.29, 1.82) is 0 Å².